The number of aromatic nitrogens is 5. The third-order valence-corrected chi connectivity index (χ3v) is 4.44. The highest BCUT2D eigenvalue weighted by Crippen LogP contribution is 2.30. The number of rotatable bonds is 2. The van der Waals surface area contributed by atoms with Gasteiger partial charge in [0.05, 0.1) is 12.8 Å². The molecule has 0 unspecified atom stereocenters. The van der Waals surface area contributed by atoms with Crippen molar-refractivity contribution >= 4 is 28.4 Å². The fourth-order valence-electron chi connectivity index (χ4n) is 2.75. The first kappa shape index (κ1) is 14.8. The molecule has 0 N–H and O–H groups in total. The summed E-state index contributed by atoms with van der Waals surface area (Å²) >= 11 is 6.29. The molecule has 0 aliphatic carbocycles. The number of hydrogen-bond donors (Lipinski definition) is 0. The molecule has 4 rings (SSSR count). The van der Waals surface area contributed by atoms with E-state index >= 15 is 0 Å². The summed E-state index contributed by atoms with van der Waals surface area (Å²) < 4.78 is 7.15. The molecule has 0 bridgehead atoms. The number of pyridine rings is 1. The second-order valence-corrected chi connectivity index (χ2v) is 5.90. The van der Waals surface area contributed by atoms with Crippen molar-refractivity contribution in [3.63, 3.8) is 0 Å². The van der Waals surface area contributed by atoms with Gasteiger partial charge in [0, 0.05) is 16.7 Å². The van der Waals surface area contributed by atoms with E-state index in [0.29, 0.717) is 27.7 Å². The van der Waals surface area contributed by atoms with Crippen molar-refractivity contribution in [2.45, 2.75) is 13.8 Å². The Bertz CT molecular complexity index is 1090. The normalized spacial score (nSPS) is 11.3. The molecule has 0 aliphatic heterocycles. The van der Waals surface area contributed by atoms with Crippen LogP contribution in [0.3, 0.4) is 0 Å². The first-order valence-electron chi connectivity index (χ1n) is 7.42. The predicted molar refractivity (Wildman–Crippen MR) is 92.6 cm³/mol. The van der Waals surface area contributed by atoms with E-state index in [-0.39, 0.29) is 0 Å². The van der Waals surface area contributed by atoms with E-state index in [1.54, 1.807) is 13.2 Å². The van der Waals surface area contributed by atoms with E-state index in [9.17, 15) is 0 Å². The number of nitrogens with zero attached hydrogens (tertiary/aromatic N) is 5. The zero-order chi connectivity index (χ0) is 16.8. The fraction of sp³-hybridized carbons (Fsp3) is 0.176. The lowest BCUT2D eigenvalue weighted by atomic mass is 10.1. The number of imidazole rings is 1. The highest BCUT2D eigenvalue weighted by atomic mass is 35.5. The Kier molecular flexibility index (Phi) is 3.35. The van der Waals surface area contributed by atoms with E-state index in [2.05, 4.69) is 20.2 Å². The molecule has 0 aliphatic rings. The summed E-state index contributed by atoms with van der Waals surface area (Å²) in [6.45, 7) is 3.87. The Hall–Kier alpha value is -2.73. The van der Waals surface area contributed by atoms with Gasteiger partial charge in [-0.05, 0) is 31.5 Å². The molecule has 0 atom stereocenters. The summed E-state index contributed by atoms with van der Waals surface area (Å²) in [4.78, 5) is 9.23. The zero-order valence-electron chi connectivity index (χ0n) is 13.4. The van der Waals surface area contributed by atoms with Crippen LogP contribution in [0.2, 0.25) is 5.02 Å². The van der Waals surface area contributed by atoms with E-state index < -0.39 is 0 Å². The molecule has 0 spiro atoms. The number of halogens is 1. The van der Waals surface area contributed by atoms with Crippen molar-refractivity contribution in [1.29, 1.82) is 0 Å². The Morgan fingerprint density at radius 1 is 1.00 bits per heavy atom. The molecule has 3 heterocycles. The van der Waals surface area contributed by atoms with Gasteiger partial charge >= 0.3 is 0 Å². The second-order valence-electron chi connectivity index (χ2n) is 5.49. The lowest BCUT2D eigenvalue weighted by Crippen LogP contribution is -2.01. The zero-order valence-corrected chi connectivity index (χ0v) is 14.2. The lowest BCUT2D eigenvalue weighted by molar-refractivity contribution is 0.399. The highest BCUT2D eigenvalue weighted by molar-refractivity contribution is 6.31. The smallest absolute Gasteiger partial charge is 0.215 e. The van der Waals surface area contributed by atoms with Crippen molar-refractivity contribution in [2.24, 2.45) is 0 Å². The summed E-state index contributed by atoms with van der Waals surface area (Å²) in [5.74, 6) is 1.25. The molecule has 0 radical (unpaired) electrons. The van der Waals surface area contributed by atoms with Gasteiger partial charge in [-0.2, -0.15) is 4.98 Å². The fourth-order valence-corrected chi connectivity index (χ4v) is 2.92. The number of benzene rings is 1. The van der Waals surface area contributed by atoms with Crippen LogP contribution in [-0.2, 0) is 0 Å². The topological polar surface area (TPSA) is 65.2 Å². The first-order chi connectivity index (χ1) is 11.6. The minimum atomic E-state index is 0.511. The summed E-state index contributed by atoms with van der Waals surface area (Å²) in [5.41, 5.74) is 4.65. The van der Waals surface area contributed by atoms with Gasteiger partial charge in [-0.1, -0.05) is 23.7 Å². The summed E-state index contributed by atoms with van der Waals surface area (Å²) in [6.07, 6.45) is 0. The summed E-state index contributed by atoms with van der Waals surface area (Å²) in [7, 11) is 1.58. The minimum Gasteiger partial charge on any atom is -0.481 e. The summed E-state index contributed by atoms with van der Waals surface area (Å²) in [6, 6.07) is 9.35. The maximum absolute atomic E-state index is 6.29. The average molecular weight is 340 g/mol. The van der Waals surface area contributed by atoms with Crippen LogP contribution in [0, 0.1) is 13.8 Å². The quantitative estimate of drug-likeness (QED) is 0.558. The molecule has 3 aromatic heterocycles. The van der Waals surface area contributed by atoms with Gasteiger partial charge in [-0.25, -0.2) is 4.98 Å². The van der Waals surface area contributed by atoms with Gasteiger partial charge in [0.15, 0.2) is 11.3 Å². The molecule has 0 saturated carbocycles. The monoisotopic (exact) mass is 339 g/mol. The molecule has 7 heteroatoms. The molecule has 0 fully saturated rings. The van der Waals surface area contributed by atoms with Crippen LogP contribution in [0.5, 0.6) is 5.88 Å². The van der Waals surface area contributed by atoms with Crippen molar-refractivity contribution in [1.82, 2.24) is 24.6 Å². The number of ether oxygens (including phenoxy) is 1. The lowest BCUT2D eigenvalue weighted by Gasteiger charge is -2.08. The van der Waals surface area contributed by atoms with Crippen molar-refractivity contribution < 1.29 is 4.74 Å². The third kappa shape index (κ3) is 2.11. The van der Waals surface area contributed by atoms with Crippen LogP contribution in [0.1, 0.15) is 11.3 Å². The van der Waals surface area contributed by atoms with E-state index in [1.807, 2.05) is 42.5 Å². The van der Waals surface area contributed by atoms with Gasteiger partial charge in [0.25, 0.3) is 0 Å². The Morgan fingerprint density at radius 3 is 2.62 bits per heavy atom. The molecule has 4 aromatic rings. The summed E-state index contributed by atoms with van der Waals surface area (Å²) in [5, 5.41) is 9.23. The Morgan fingerprint density at radius 2 is 1.83 bits per heavy atom. The Labute approximate surface area is 143 Å². The van der Waals surface area contributed by atoms with Crippen molar-refractivity contribution in [3.8, 4) is 17.3 Å². The van der Waals surface area contributed by atoms with E-state index in [0.717, 1.165) is 22.6 Å². The molecule has 0 amide bonds. The molecule has 24 heavy (non-hydrogen) atoms. The van der Waals surface area contributed by atoms with Crippen LogP contribution in [0.15, 0.2) is 30.3 Å². The molecular formula is C17H14ClN5O. The maximum atomic E-state index is 6.29. The molecular weight excluding hydrogens is 326 g/mol. The van der Waals surface area contributed by atoms with Gasteiger partial charge in [-0.15, -0.1) is 10.2 Å². The van der Waals surface area contributed by atoms with Crippen LogP contribution < -0.4 is 4.74 Å². The van der Waals surface area contributed by atoms with Crippen LogP contribution in [-0.4, -0.2) is 31.7 Å². The highest BCUT2D eigenvalue weighted by Gasteiger charge is 2.18. The third-order valence-electron chi connectivity index (χ3n) is 4.03. The first-order valence-corrected chi connectivity index (χ1v) is 7.80. The number of hydrogen-bond acceptors (Lipinski definition) is 5. The molecule has 120 valence electrons. The van der Waals surface area contributed by atoms with Gasteiger partial charge in [0.2, 0.25) is 5.88 Å². The van der Waals surface area contributed by atoms with Crippen molar-refractivity contribution in [3.05, 3.63) is 46.6 Å². The number of fused-ring (bicyclic) bond motifs is 3. The van der Waals surface area contributed by atoms with Gasteiger partial charge in [0.1, 0.15) is 11.3 Å². The predicted octanol–water partition coefficient (Wildman–Crippen LogP) is 3.62. The van der Waals surface area contributed by atoms with Gasteiger partial charge in [-0.3, -0.25) is 4.40 Å². The molecule has 6 nitrogen and oxygen atoms in total. The molecule has 0 saturated heterocycles. The number of aryl methyl sites for hydroxylation is 1. The second kappa shape index (κ2) is 5.42. The van der Waals surface area contributed by atoms with Crippen LogP contribution in [0.4, 0.5) is 0 Å². The van der Waals surface area contributed by atoms with Gasteiger partial charge < -0.3 is 4.74 Å². The SMILES string of the molecule is COc1ccc2nnc3c(C)nc(-c4cccc(Cl)c4C)n3c2n1. The largest absolute Gasteiger partial charge is 0.481 e. The van der Waals surface area contributed by atoms with Crippen molar-refractivity contribution in [2.75, 3.05) is 7.11 Å². The number of methoxy groups -OCH3 is 1. The maximum Gasteiger partial charge on any atom is 0.215 e. The Balaban J connectivity index is 2.16. The van der Waals surface area contributed by atoms with E-state index in [4.69, 9.17) is 16.3 Å². The molecule has 1 aromatic carbocycles. The standard InChI is InChI=1S/C17H14ClN5O/c1-9-11(5-4-6-12(9)18)16-19-10(2)15-22-21-13-7-8-14(24-3)20-17(13)23(15)16/h4-8H,1-3H3. The van der Waals surface area contributed by atoms with Crippen LogP contribution in [0.25, 0.3) is 28.2 Å². The van der Waals surface area contributed by atoms with Crippen LogP contribution >= 0.6 is 11.6 Å². The van der Waals surface area contributed by atoms with E-state index in [1.165, 1.54) is 0 Å². The average Bonchev–Trinajstić information content (AvgIpc) is 2.94. The minimum absolute atomic E-state index is 0.511.